The highest BCUT2D eigenvalue weighted by atomic mass is 16.3. The maximum absolute atomic E-state index is 6.12. The summed E-state index contributed by atoms with van der Waals surface area (Å²) in [6, 6.07) is 65.4. The van der Waals surface area contributed by atoms with Crippen LogP contribution in [0.2, 0.25) is 0 Å². The van der Waals surface area contributed by atoms with Crippen molar-refractivity contribution < 1.29 is 4.42 Å². The molecule has 304 valence electrons. The standard InChI is InChI=1S/C26H28.C21H18O.C13H12/c1-17-7-9-18(10-8-17)19-11-14-23-22(15-19)21-13-12-20(25(2,3)4)16-24(21)26(23,5)6;1-2-6-15-11-13-16(14-12-15)17-8-5-9-19-18-7-3-4-10-20(18)22-21(17)19;1-11-7-9-13(10-8-11)12-5-3-2-4-6-12/h7-16H,1-6H3;3-5,7-14H,2,6H2,1H3;2-10H,1H3. The number of aryl methyl sites for hydroxylation is 3. The summed E-state index contributed by atoms with van der Waals surface area (Å²) in [7, 11) is 0. The van der Waals surface area contributed by atoms with E-state index in [-0.39, 0.29) is 10.8 Å². The second-order valence-corrected chi connectivity index (χ2v) is 18.2. The fourth-order valence-electron chi connectivity index (χ4n) is 8.64. The predicted molar refractivity (Wildman–Crippen MR) is 263 cm³/mol. The molecular weight excluding hydrogens is 737 g/mol. The highest BCUT2D eigenvalue weighted by molar-refractivity contribution is 6.09. The van der Waals surface area contributed by atoms with Gasteiger partial charge in [-0.2, -0.15) is 0 Å². The summed E-state index contributed by atoms with van der Waals surface area (Å²) in [6.07, 6.45) is 2.31. The van der Waals surface area contributed by atoms with Gasteiger partial charge in [0.25, 0.3) is 0 Å². The molecule has 0 amide bonds. The Balaban J connectivity index is 0.000000133. The van der Waals surface area contributed by atoms with Gasteiger partial charge < -0.3 is 4.42 Å². The van der Waals surface area contributed by atoms with Crippen molar-refractivity contribution in [1.29, 1.82) is 0 Å². The molecule has 0 fully saturated rings. The molecule has 10 rings (SSSR count). The van der Waals surface area contributed by atoms with Gasteiger partial charge >= 0.3 is 0 Å². The zero-order valence-electron chi connectivity index (χ0n) is 37.1. The Kier molecular flexibility index (Phi) is 11.7. The van der Waals surface area contributed by atoms with Gasteiger partial charge in [0.05, 0.1) is 0 Å². The average molecular weight is 795 g/mol. The fourth-order valence-corrected chi connectivity index (χ4v) is 8.64. The van der Waals surface area contributed by atoms with Crippen molar-refractivity contribution in [2.24, 2.45) is 0 Å². The van der Waals surface area contributed by atoms with E-state index in [0.29, 0.717) is 0 Å². The molecule has 0 aliphatic heterocycles. The molecule has 1 heterocycles. The lowest BCUT2D eigenvalue weighted by molar-refractivity contribution is 0.584. The molecule has 1 aliphatic carbocycles. The first kappa shape index (κ1) is 41.3. The summed E-state index contributed by atoms with van der Waals surface area (Å²) in [4.78, 5) is 0. The lowest BCUT2D eigenvalue weighted by atomic mass is 9.79. The smallest absolute Gasteiger partial charge is 0.143 e. The van der Waals surface area contributed by atoms with Gasteiger partial charge in [0.15, 0.2) is 0 Å². The molecule has 1 nitrogen and oxygen atoms in total. The quantitative estimate of drug-likeness (QED) is 0.169. The van der Waals surface area contributed by atoms with Crippen LogP contribution in [0.3, 0.4) is 0 Å². The van der Waals surface area contributed by atoms with Gasteiger partial charge in [-0.3, -0.25) is 0 Å². The van der Waals surface area contributed by atoms with Crippen LogP contribution in [0.1, 0.15) is 81.3 Å². The van der Waals surface area contributed by atoms with E-state index in [1.54, 1.807) is 0 Å². The van der Waals surface area contributed by atoms with Crippen LogP contribution in [0.5, 0.6) is 0 Å². The Bertz CT molecular complexity index is 2900. The van der Waals surface area contributed by atoms with Crippen molar-refractivity contribution in [2.45, 2.75) is 79.1 Å². The molecule has 1 aromatic heterocycles. The minimum atomic E-state index is 0.0533. The topological polar surface area (TPSA) is 13.1 Å². The van der Waals surface area contributed by atoms with Gasteiger partial charge in [0.2, 0.25) is 0 Å². The van der Waals surface area contributed by atoms with Gasteiger partial charge in [-0.25, -0.2) is 0 Å². The van der Waals surface area contributed by atoms with E-state index in [1.165, 1.54) is 89.5 Å². The van der Waals surface area contributed by atoms with Crippen LogP contribution in [0.15, 0.2) is 186 Å². The number of furan rings is 1. The van der Waals surface area contributed by atoms with Crippen LogP contribution in [0.25, 0.3) is 66.4 Å². The van der Waals surface area contributed by atoms with Gasteiger partial charge in [0, 0.05) is 21.8 Å². The van der Waals surface area contributed by atoms with Crippen molar-refractivity contribution in [3.8, 4) is 44.5 Å². The highest BCUT2D eigenvalue weighted by Crippen LogP contribution is 2.50. The molecule has 61 heavy (non-hydrogen) atoms. The Morgan fingerprint density at radius 1 is 0.459 bits per heavy atom. The summed E-state index contributed by atoms with van der Waals surface area (Å²) in [6.45, 7) is 18.0. The van der Waals surface area contributed by atoms with Crippen molar-refractivity contribution in [1.82, 2.24) is 0 Å². The van der Waals surface area contributed by atoms with E-state index >= 15 is 0 Å². The molecule has 0 atom stereocenters. The number of benzene rings is 8. The maximum atomic E-state index is 6.12. The number of fused-ring (bicyclic) bond motifs is 6. The summed E-state index contributed by atoms with van der Waals surface area (Å²) in [5, 5.41) is 2.37. The second kappa shape index (κ2) is 17.3. The third-order valence-electron chi connectivity index (χ3n) is 12.3. The van der Waals surface area contributed by atoms with Crippen molar-refractivity contribution in [3.05, 3.63) is 215 Å². The van der Waals surface area contributed by atoms with E-state index in [4.69, 9.17) is 4.42 Å². The monoisotopic (exact) mass is 794 g/mol. The Labute approximate surface area is 363 Å². The van der Waals surface area contributed by atoms with Crippen LogP contribution < -0.4 is 0 Å². The SMILES string of the molecule is CCCc1ccc(-c2cccc3c2oc2ccccc23)cc1.Cc1ccc(-c2ccc3c(c2)-c2ccc(C(C)(C)C)cc2C3(C)C)cc1.Cc1ccc(-c2ccccc2)cc1. The molecule has 1 aliphatic rings. The van der Waals surface area contributed by atoms with Crippen LogP contribution in [0.4, 0.5) is 0 Å². The molecule has 0 N–H and O–H groups in total. The molecule has 0 spiro atoms. The summed E-state index contributed by atoms with van der Waals surface area (Å²) in [5.74, 6) is 0. The number of hydrogen-bond acceptors (Lipinski definition) is 1. The van der Waals surface area contributed by atoms with E-state index in [1.807, 2.05) is 18.2 Å². The van der Waals surface area contributed by atoms with Crippen molar-refractivity contribution >= 4 is 21.9 Å². The normalized spacial score (nSPS) is 12.5. The zero-order valence-corrected chi connectivity index (χ0v) is 37.1. The highest BCUT2D eigenvalue weighted by Gasteiger charge is 2.36. The zero-order chi connectivity index (χ0) is 42.7. The Hall–Kier alpha value is -6.44. The molecule has 0 unspecified atom stereocenters. The minimum Gasteiger partial charge on any atom is -0.455 e. The van der Waals surface area contributed by atoms with E-state index in [2.05, 4.69) is 219 Å². The van der Waals surface area contributed by atoms with Crippen LogP contribution in [-0.2, 0) is 17.3 Å². The lowest BCUT2D eigenvalue weighted by Gasteiger charge is -2.25. The summed E-state index contributed by atoms with van der Waals surface area (Å²) in [5.41, 5.74) is 20.8. The third kappa shape index (κ3) is 8.75. The largest absolute Gasteiger partial charge is 0.455 e. The van der Waals surface area contributed by atoms with Crippen molar-refractivity contribution in [3.63, 3.8) is 0 Å². The number of rotatable bonds is 5. The molecule has 0 saturated heterocycles. The first-order chi connectivity index (χ1) is 29.4. The molecular formula is C60H58O. The first-order valence-electron chi connectivity index (χ1n) is 21.9. The lowest BCUT2D eigenvalue weighted by Crippen LogP contribution is -2.17. The first-order valence-corrected chi connectivity index (χ1v) is 21.9. The predicted octanol–water partition coefficient (Wildman–Crippen LogP) is 17.1. The van der Waals surface area contributed by atoms with Gasteiger partial charge in [-0.1, -0.05) is 229 Å². The number of para-hydroxylation sites is 2. The summed E-state index contributed by atoms with van der Waals surface area (Å²) >= 11 is 0. The van der Waals surface area contributed by atoms with Crippen molar-refractivity contribution in [2.75, 3.05) is 0 Å². The molecule has 0 radical (unpaired) electrons. The fraction of sp³-hybridized carbons (Fsp3) is 0.200. The van der Waals surface area contributed by atoms with Gasteiger partial charge in [-0.05, 0) is 99.0 Å². The van der Waals surface area contributed by atoms with Gasteiger partial charge in [-0.15, -0.1) is 0 Å². The average Bonchev–Trinajstić information content (AvgIpc) is 3.76. The molecule has 0 saturated carbocycles. The number of hydrogen-bond donors (Lipinski definition) is 0. The Morgan fingerprint density at radius 2 is 1.03 bits per heavy atom. The third-order valence-corrected chi connectivity index (χ3v) is 12.3. The van der Waals surface area contributed by atoms with Crippen LogP contribution in [0, 0.1) is 13.8 Å². The summed E-state index contributed by atoms with van der Waals surface area (Å²) < 4.78 is 6.12. The molecule has 0 bridgehead atoms. The molecule has 8 aromatic carbocycles. The maximum Gasteiger partial charge on any atom is 0.143 e. The molecule has 9 aromatic rings. The second-order valence-electron chi connectivity index (χ2n) is 18.2. The van der Waals surface area contributed by atoms with E-state index in [9.17, 15) is 0 Å². The Morgan fingerprint density at radius 3 is 1.69 bits per heavy atom. The minimum absolute atomic E-state index is 0.0533. The van der Waals surface area contributed by atoms with E-state index < -0.39 is 0 Å². The van der Waals surface area contributed by atoms with Crippen LogP contribution in [-0.4, -0.2) is 0 Å². The van der Waals surface area contributed by atoms with Gasteiger partial charge in [0.1, 0.15) is 11.2 Å². The molecule has 1 heteroatoms. The van der Waals surface area contributed by atoms with Crippen LogP contribution >= 0.6 is 0 Å². The van der Waals surface area contributed by atoms with E-state index in [0.717, 1.165) is 23.2 Å².